The molecule has 1 atom stereocenters. The van der Waals surface area contributed by atoms with Gasteiger partial charge in [0.1, 0.15) is 5.82 Å². The monoisotopic (exact) mass is 339 g/mol. The Morgan fingerprint density at radius 2 is 1.60 bits per heavy atom. The first kappa shape index (κ1) is 16.4. The van der Waals surface area contributed by atoms with Crippen molar-refractivity contribution in [2.24, 2.45) is 5.92 Å². The first-order valence-electron chi connectivity index (χ1n) is 9.21. The van der Waals surface area contributed by atoms with E-state index >= 15 is 0 Å². The second-order valence-corrected chi connectivity index (χ2v) is 7.36. The smallest absolute Gasteiger partial charge is 0.128 e. The molecule has 0 N–H and O–H groups in total. The van der Waals surface area contributed by atoms with Gasteiger partial charge in [0.15, 0.2) is 0 Å². The molecule has 2 aromatic carbocycles. The van der Waals surface area contributed by atoms with E-state index in [0.29, 0.717) is 6.54 Å². The fourth-order valence-electron chi connectivity index (χ4n) is 4.15. The van der Waals surface area contributed by atoms with Crippen LogP contribution in [-0.4, -0.2) is 44.7 Å². The summed E-state index contributed by atoms with van der Waals surface area (Å²) in [5.74, 6) is 0.632. The summed E-state index contributed by atoms with van der Waals surface area (Å²) in [7, 11) is 2.21. The van der Waals surface area contributed by atoms with Crippen molar-refractivity contribution in [3.8, 4) is 0 Å². The Morgan fingerprint density at radius 1 is 0.920 bits per heavy atom. The fraction of sp³-hybridized carbons (Fsp3) is 0.429. The van der Waals surface area contributed by atoms with Crippen LogP contribution < -0.4 is 9.80 Å². The molecule has 2 aliphatic heterocycles. The lowest BCUT2D eigenvalue weighted by Gasteiger charge is -2.40. The topological polar surface area (TPSA) is 9.72 Å². The van der Waals surface area contributed by atoms with Gasteiger partial charge < -0.3 is 14.7 Å². The standard InChI is InChI=1S/C21H26FN3/c1-23-11-10-17(14-23)15-24-12-13-25(21-9-5-4-8-20(21)24)16-18-6-2-3-7-19(18)22/h2-9,17H,10-16H2,1H3/t17-/m1/s1. The van der Waals surface area contributed by atoms with Gasteiger partial charge in [0, 0.05) is 38.3 Å². The summed E-state index contributed by atoms with van der Waals surface area (Å²) in [6.07, 6.45) is 1.29. The van der Waals surface area contributed by atoms with E-state index in [0.717, 1.165) is 31.1 Å². The van der Waals surface area contributed by atoms with Crippen molar-refractivity contribution in [3.63, 3.8) is 0 Å². The highest BCUT2D eigenvalue weighted by Crippen LogP contribution is 2.35. The lowest BCUT2D eigenvalue weighted by molar-refractivity contribution is 0.394. The molecular formula is C21H26FN3. The fourth-order valence-corrected chi connectivity index (χ4v) is 4.15. The molecule has 0 unspecified atom stereocenters. The van der Waals surface area contributed by atoms with Crippen LogP contribution in [0.4, 0.5) is 15.8 Å². The first-order chi connectivity index (χ1) is 12.2. The van der Waals surface area contributed by atoms with E-state index in [4.69, 9.17) is 0 Å². The van der Waals surface area contributed by atoms with Crippen molar-refractivity contribution >= 4 is 11.4 Å². The molecule has 0 saturated carbocycles. The van der Waals surface area contributed by atoms with Crippen molar-refractivity contribution in [2.75, 3.05) is 49.6 Å². The Balaban J connectivity index is 1.53. The predicted octanol–water partition coefficient (Wildman–Crippen LogP) is 3.60. The number of nitrogens with zero attached hydrogens (tertiary/aromatic N) is 3. The van der Waals surface area contributed by atoms with Gasteiger partial charge in [-0.15, -0.1) is 0 Å². The molecule has 1 fully saturated rings. The van der Waals surface area contributed by atoms with Gasteiger partial charge in [-0.25, -0.2) is 4.39 Å². The quantitative estimate of drug-likeness (QED) is 0.843. The maximum atomic E-state index is 14.1. The average Bonchev–Trinajstić information content (AvgIpc) is 3.04. The summed E-state index contributed by atoms with van der Waals surface area (Å²) in [4.78, 5) is 7.26. The van der Waals surface area contributed by atoms with Crippen LogP contribution in [0.5, 0.6) is 0 Å². The molecule has 0 bridgehead atoms. The van der Waals surface area contributed by atoms with Crippen LogP contribution >= 0.6 is 0 Å². The van der Waals surface area contributed by atoms with Gasteiger partial charge in [-0.1, -0.05) is 30.3 Å². The number of para-hydroxylation sites is 2. The third-order valence-electron chi connectivity index (χ3n) is 5.49. The summed E-state index contributed by atoms with van der Waals surface area (Å²) in [6, 6.07) is 15.7. The second kappa shape index (κ2) is 7.04. The number of halogens is 1. The van der Waals surface area contributed by atoms with Gasteiger partial charge in [0.25, 0.3) is 0 Å². The molecule has 1 saturated heterocycles. The van der Waals surface area contributed by atoms with Gasteiger partial charge in [0.05, 0.1) is 11.4 Å². The lowest BCUT2D eigenvalue weighted by atomic mass is 10.1. The number of benzene rings is 2. The molecular weight excluding hydrogens is 313 g/mol. The number of likely N-dealkylation sites (tertiary alicyclic amines) is 1. The molecule has 25 heavy (non-hydrogen) atoms. The molecule has 0 spiro atoms. The zero-order chi connectivity index (χ0) is 17.2. The molecule has 4 rings (SSSR count). The van der Waals surface area contributed by atoms with Gasteiger partial charge in [-0.3, -0.25) is 0 Å². The third kappa shape index (κ3) is 3.49. The minimum Gasteiger partial charge on any atom is -0.368 e. The van der Waals surface area contributed by atoms with E-state index < -0.39 is 0 Å². The van der Waals surface area contributed by atoms with E-state index in [9.17, 15) is 4.39 Å². The number of hydrogen-bond acceptors (Lipinski definition) is 3. The Hall–Kier alpha value is -2.07. The van der Waals surface area contributed by atoms with Crippen molar-refractivity contribution < 1.29 is 4.39 Å². The van der Waals surface area contributed by atoms with E-state index in [1.807, 2.05) is 12.1 Å². The molecule has 0 aliphatic carbocycles. The Labute approximate surface area is 149 Å². The van der Waals surface area contributed by atoms with Crippen LogP contribution in [0.3, 0.4) is 0 Å². The van der Waals surface area contributed by atoms with Gasteiger partial charge in [0.2, 0.25) is 0 Å². The van der Waals surface area contributed by atoms with Crippen LogP contribution in [0.1, 0.15) is 12.0 Å². The second-order valence-electron chi connectivity index (χ2n) is 7.36. The summed E-state index contributed by atoms with van der Waals surface area (Å²) in [6.45, 7) is 6.09. The molecule has 3 nitrogen and oxygen atoms in total. The highest BCUT2D eigenvalue weighted by atomic mass is 19.1. The molecule has 0 radical (unpaired) electrons. The van der Waals surface area contributed by atoms with Crippen molar-refractivity contribution in [2.45, 2.75) is 13.0 Å². The Morgan fingerprint density at radius 3 is 2.32 bits per heavy atom. The van der Waals surface area contributed by atoms with E-state index in [1.165, 1.54) is 30.9 Å². The minimum absolute atomic E-state index is 0.114. The van der Waals surface area contributed by atoms with E-state index in [-0.39, 0.29) is 5.82 Å². The summed E-state index contributed by atoms with van der Waals surface area (Å²) in [5.41, 5.74) is 3.28. The maximum Gasteiger partial charge on any atom is 0.128 e. The van der Waals surface area contributed by atoms with Crippen molar-refractivity contribution in [1.82, 2.24) is 4.90 Å². The number of rotatable bonds is 4. The summed E-state index contributed by atoms with van der Waals surface area (Å²) < 4.78 is 14.1. The maximum absolute atomic E-state index is 14.1. The van der Waals surface area contributed by atoms with Crippen LogP contribution in [0.2, 0.25) is 0 Å². The highest BCUT2D eigenvalue weighted by molar-refractivity contribution is 5.73. The van der Waals surface area contributed by atoms with Crippen molar-refractivity contribution in [1.29, 1.82) is 0 Å². The number of hydrogen-bond donors (Lipinski definition) is 0. The Kier molecular flexibility index (Phi) is 4.62. The van der Waals surface area contributed by atoms with Gasteiger partial charge in [-0.05, 0) is 44.1 Å². The van der Waals surface area contributed by atoms with Crippen molar-refractivity contribution in [3.05, 3.63) is 59.9 Å². The third-order valence-corrected chi connectivity index (χ3v) is 5.49. The number of fused-ring (bicyclic) bond motifs is 1. The largest absolute Gasteiger partial charge is 0.368 e. The highest BCUT2D eigenvalue weighted by Gasteiger charge is 2.27. The predicted molar refractivity (Wildman–Crippen MR) is 102 cm³/mol. The van der Waals surface area contributed by atoms with E-state index in [1.54, 1.807) is 12.1 Å². The molecule has 0 aromatic heterocycles. The minimum atomic E-state index is -0.114. The summed E-state index contributed by atoms with van der Waals surface area (Å²) in [5, 5.41) is 0. The molecule has 4 heteroatoms. The molecule has 132 valence electrons. The number of anilines is 2. The Bertz CT molecular complexity index is 733. The van der Waals surface area contributed by atoms with Crippen LogP contribution in [0.15, 0.2) is 48.5 Å². The SMILES string of the molecule is CN1CC[C@@H](CN2CCN(Cc3ccccc3F)c3ccccc32)C1. The van der Waals surface area contributed by atoms with E-state index in [2.05, 4.69) is 46.0 Å². The van der Waals surface area contributed by atoms with Crippen LogP contribution in [0, 0.1) is 11.7 Å². The normalized spacial score (nSPS) is 20.8. The molecule has 2 aliphatic rings. The molecule has 0 amide bonds. The average molecular weight is 339 g/mol. The van der Waals surface area contributed by atoms with Crippen LogP contribution in [-0.2, 0) is 6.54 Å². The van der Waals surface area contributed by atoms with Crippen LogP contribution in [0.25, 0.3) is 0 Å². The lowest BCUT2D eigenvalue weighted by Crippen LogP contribution is -2.43. The zero-order valence-corrected chi connectivity index (χ0v) is 14.9. The van der Waals surface area contributed by atoms with Gasteiger partial charge >= 0.3 is 0 Å². The summed E-state index contributed by atoms with van der Waals surface area (Å²) >= 11 is 0. The first-order valence-corrected chi connectivity index (χ1v) is 9.21. The van der Waals surface area contributed by atoms with Gasteiger partial charge in [-0.2, -0.15) is 0 Å². The molecule has 2 aromatic rings. The molecule has 2 heterocycles. The zero-order valence-electron chi connectivity index (χ0n) is 14.9.